The Bertz CT molecular complexity index is 504. The molecule has 0 heterocycles. The van der Waals surface area contributed by atoms with Gasteiger partial charge in [0.15, 0.2) is 5.96 Å². The van der Waals surface area contributed by atoms with Crippen LogP contribution in [0.3, 0.4) is 0 Å². The number of anilines is 1. The molecule has 23 heavy (non-hydrogen) atoms. The molecule has 1 aromatic carbocycles. The van der Waals surface area contributed by atoms with Crippen molar-refractivity contribution in [1.82, 2.24) is 0 Å². The van der Waals surface area contributed by atoms with Crippen LogP contribution >= 0.6 is 0 Å². The quantitative estimate of drug-likeness (QED) is 0.299. The summed E-state index contributed by atoms with van der Waals surface area (Å²) in [6.07, 6.45) is 4.33. The largest absolute Gasteiger partial charge is 0.497 e. The number of guanidine groups is 1. The third kappa shape index (κ3) is 8.70. The number of nitrogens with one attached hydrogen (secondary N) is 1. The van der Waals surface area contributed by atoms with Crippen LogP contribution in [-0.2, 0) is 9.53 Å². The molecular weight excluding hydrogens is 294 g/mol. The summed E-state index contributed by atoms with van der Waals surface area (Å²) < 4.78 is 10.0. The predicted octanol–water partition coefficient (Wildman–Crippen LogP) is 2.94. The van der Waals surface area contributed by atoms with E-state index in [1.54, 1.807) is 7.11 Å². The summed E-state index contributed by atoms with van der Waals surface area (Å²) in [5.74, 6) is 1.05. The molecule has 0 saturated carbocycles. The van der Waals surface area contributed by atoms with Gasteiger partial charge in [0.1, 0.15) is 5.75 Å². The number of hydrogen-bond acceptors (Lipinski definition) is 4. The van der Waals surface area contributed by atoms with E-state index < -0.39 is 0 Å². The Labute approximate surface area is 138 Å². The Kier molecular flexibility index (Phi) is 9.28. The van der Waals surface area contributed by atoms with Gasteiger partial charge >= 0.3 is 5.97 Å². The number of benzene rings is 1. The van der Waals surface area contributed by atoms with Crippen molar-refractivity contribution in [3.63, 3.8) is 0 Å². The van der Waals surface area contributed by atoms with E-state index in [9.17, 15) is 4.79 Å². The highest BCUT2D eigenvalue weighted by Crippen LogP contribution is 2.16. The highest BCUT2D eigenvalue weighted by molar-refractivity contribution is 5.92. The van der Waals surface area contributed by atoms with Crippen LogP contribution in [0.4, 0.5) is 5.69 Å². The maximum Gasteiger partial charge on any atom is 0.305 e. The summed E-state index contributed by atoms with van der Waals surface area (Å²) in [5, 5.41) is 3.03. The molecule has 0 aliphatic rings. The van der Waals surface area contributed by atoms with Crippen LogP contribution in [0.2, 0.25) is 0 Å². The van der Waals surface area contributed by atoms with Crippen LogP contribution in [0.5, 0.6) is 5.75 Å². The molecule has 0 unspecified atom stereocenters. The maximum atomic E-state index is 11.2. The van der Waals surface area contributed by atoms with Gasteiger partial charge in [-0.05, 0) is 31.9 Å². The van der Waals surface area contributed by atoms with Crippen molar-refractivity contribution in [2.75, 3.05) is 25.6 Å². The first-order valence-electron chi connectivity index (χ1n) is 8.02. The first-order valence-corrected chi connectivity index (χ1v) is 8.02. The Morgan fingerprint density at radius 2 is 2.04 bits per heavy atom. The van der Waals surface area contributed by atoms with Crippen LogP contribution in [-0.4, -0.2) is 32.2 Å². The van der Waals surface area contributed by atoms with E-state index in [1.807, 2.05) is 31.2 Å². The van der Waals surface area contributed by atoms with E-state index in [2.05, 4.69) is 10.3 Å². The van der Waals surface area contributed by atoms with E-state index in [-0.39, 0.29) is 5.97 Å². The zero-order chi connectivity index (χ0) is 16.9. The number of carbonyl (C=O) groups is 1. The number of hydrogen-bond donors (Lipinski definition) is 2. The zero-order valence-electron chi connectivity index (χ0n) is 14.0. The normalized spacial score (nSPS) is 11.1. The molecule has 0 aromatic heterocycles. The number of carbonyl (C=O) groups excluding carboxylic acids is 1. The molecule has 1 aromatic rings. The van der Waals surface area contributed by atoms with Crippen LogP contribution in [0.1, 0.15) is 39.0 Å². The zero-order valence-corrected chi connectivity index (χ0v) is 14.0. The predicted molar refractivity (Wildman–Crippen MR) is 92.8 cm³/mol. The van der Waals surface area contributed by atoms with E-state index in [1.165, 1.54) is 0 Å². The summed E-state index contributed by atoms with van der Waals surface area (Å²) in [6, 6.07) is 7.52. The monoisotopic (exact) mass is 321 g/mol. The lowest BCUT2D eigenvalue weighted by Gasteiger charge is -2.07. The van der Waals surface area contributed by atoms with E-state index in [0.29, 0.717) is 25.5 Å². The van der Waals surface area contributed by atoms with Gasteiger partial charge in [0.2, 0.25) is 0 Å². The molecule has 0 atom stereocenters. The van der Waals surface area contributed by atoms with Gasteiger partial charge in [-0.25, -0.2) is 0 Å². The minimum atomic E-state index is -0.114. The molecular formula is C17H27N3O3. The first-order chi connectivity index (χ1) is 11.2. The van der Waals surface area contributed by atoms with Crippen molar-refractivity contribution in [3.8, 4) is 5.75 Å². The molecule has 6 nitrogen and oxygen atoms in total. The van der Waals surface area contributed by atoms with Gasteiger partial charge in [-0.15, -0.1) is 0 Å². The Hall–Kier alpha value is -2.24. The molecule has 0 aliphatic heterocycles. The van der Waals surface area contributed by atoms with Gasteiger partial charge in [0, 0.05) is 24.7 Å². The first kappa shape index (κ1) is 18.8. The number of ether oxygens (including phenoxy) is 2. The Balaban J connectivity index is 2.15. The molecule has 0 spiro atoms. The number of nitrogens with two attached hydrogens (primary N) is 1. The summed E-state index contributed by atoms with van der Waals surface area (Å²) >= 11 is 0. The highest BCUT2D eigenvalue weighted by atomic mass is 16.5. The molecule has 1 rings (SSSR count). The lowest BCUT2D eigenvalue weighted by Crippen LogP contribution is -2.22. The second-order valence-corrected chi connectivity index (χ2v) is 5.09. The molecule has 3 N–H and O–H groups in total. The summed E-state index contributed by atoms with van der Waals surface area (Å²) in [6.45, 7) is 2.94. The lowest BCUT2D eigenvalue weighted by molar-refractivity contribution is -0.143. The third-order valence-electron chi connectivity index (χ3n) is 3.22. The molecule has 0 amide bonds. The standard InChI is InChI=1S/C17H27N3O3/c1-3-23-16(21)11-6-4-5-7-12-19-17(18)20-14-9-8-10-15(13-14)22-2/h8-10,13H,3-7,11-12H2,1-2H3,(H3,18,19,20). The Morgan fingerprint density at radius 1 is 1.26 bits per heavy atom. The molecule has 0 bridgehead atoms. The van der Waals surface area contributed by atoms with Crippen LogP contribution in [0.25, 0.3) is 0 Å². The summed E-state index contributed by atoms with van der Waals surface area (Å²) in [5.41, 5.74) is 6.70. The van der Waals surface area contributed by atoms with Crippen molar-refractivity contribution in [2.24, 2.45) is 10.7 Å². The van der Waals surface area contributed by atoms with Gasteiger partial charge in [0.05, 0.1) is 13.7 Å². The van der Waals surface area contributed by atoms with Gasteiger partial charge in [-0.3, -0.25) is 9.79 Å². The van der Waals surface area contributed by atoms with E-state index in [4.69, 9.17) is 15.2 Å². The number of rotatable bonds is 10. The third-order valence-corrected chi connectivity index (χ3v) is 3.22. The van der Waals surface area contributed by atoms with Crippen molar-refractivity contribution >= 4 is 17.6 Å². The molecule has 0 radical (unpaired) electrons. The lowest BCUT2D eigenvalue weighted by atomic mass is 10.1. The second kappa shape index (κ2) is 11.3. The van der Waals surface area contributed by atoms with E-state index >= 15 is 0 Å². The molecule has 0 fully saturated rings. The number of aliphatic imine (C=N–C) groups is 1. The molecule has 6 heteroatoms. The SMILES string of the molecule is CCOC(=O)CCCCCCN=C(N)Nc1cccc(OC)c1. The van der Waals surface area contributed by atoms with Crippen LogP contribution in [0, 0.1) is 0 Å². The van der Waals surface area contributed by atoms with Crippen molar-refractivity contribution in [3.05, 3.63) is 24.3 Å². The maximum absolute atomic E-state index is 11.2. The summed E-state index contributed by atoms with van der Waals surface area (Å²) in [4.78, 5) is 15.5. The number of nitrogens with zero attached hydrogens (tertiary/aromatic N) is 1. The fraction of sp³-hybridized carbons (Fsp3) is 0.529. The fourth-order valence-electron chi connectivity index (χ4n) is 2.06. The minimum absolute atomic E-state index is 0.114. The minimum Gasteiger partial charge on any atom is -0.497 e. The van der Waals surface area contributed by atoms with Crippen molar-refractivity contribution in [2.45, 2.75) is 39.0 Å². The number of unbranched alkanes of at least 4 members (excludes halogenated alkanes) is 3. The van der Waals surface area contributed by atoms with Gasteiger partial charge in [0.25, 0.3) is 0 Å². The van der Waals surface area contributed by atoms with Gasteiger partial charge < -0.3 is 20.5 Å². The fourth-order valence-corrected chi connectivity index (χ4v) is 2.06. The molecule has 128 valence electrons. The topological polar surface area (TPSA) is 85.9 Å². The van der Waals surface area contributed by atoms with Crippen molar-refractivity contribution < 1.29 is 14.3 Å². The average molecular weight is 321 g/mol. The van der Waals surface area contributed by atoms with Crippen molar-refractivity contribution in [1.29, 1.82) is 0 Å². The van der Waals surface area contributed by atoms with Gasteiger partial charge in [-0.1, -0.05) is 18.9 Å². The average Bonchev–Trinajstić information content (AvgIpc) is 2.54. The number of methoxy groups -OCH3 is 1. The summed E-state index contributed by atoms with van der Waals surface area (Å²) in [7, 11) is 1.62. The van der Waals surface area contributed by atoms with Crippen LogP contribution < -0.4 is 15.8 Å². The second-order valence-electron chi connectivity index (χ2n) is 5.09. The van der Waals surface area contributed by atoms with Gasteiger partial charge in [-0.2, -0.15) is 0 Å². The highest BCUT2D eigenvalue weighted by Gasteiger charge is 2.00. The molecule has 0 aliphatic carbocycles. The molecule has 0 saturated heterocycles. The number of esters is 1. The van der Waals surface area contributed by atoms with E-state index in [0.717, 1.165) is 37.1 Å². The Morgan fingerprint density at radius 3 is 2.78 bits per heavy atom. The van der Waals surface area contributed by atoms with Crippen LogP contribution in [0.15, 0.2) is 29.3 Å². The smallest absolute Gasteiger partial charge is 0.305 e.